The molecule has 8 heteroatoms. The Morgan fingerprint density at radius 3 is 2.71 bits per heavy atom. The van der Waals surface area contributed by atoms with E-state index in [0.717, 1.165) is 6.08 Å². The first-order chi connectivity index (χ1) is 11.6. The number of rotatable bonds is 6. The van der Waals surface area contributed by atoms with Gasteiger partial charge in [-0.25, -0.2) is 24.0 Å². The molecule has 1 aromatic rings. The third-order valence-electron chi connectivity index (χ3n) is 1.97. The monoisotopic (exact) mass is 334 g/mol. The summed E-state index contributed by atoms with van der Waals surface area (Å²) < 4.78 is 19.1. The highest BCUT2D eigenvalue weighted by atomic mass is 19.1. The summed E-state index contributed by atoms with van der Waals surface area (Å²) >= 11 is 0. The fourth-order valence-corrected chi connectivity index (χ4v) is 0.981. The summed E-state index contributed by atoms with van der Waals surface area (Å²) in [7, 11) is 1.45. The minimum absolute atomic E-state index is 0.181. The van der Waals surface area contributed by atoms with Gasteiger partial charge in [-0.15, -0.1) is 0 Å². The number of nitrogens with one attached hydrogen (secondary N) is 1. The van der Waals surface area contributed by atoms with Gasteiger partial charge >= 0.3 is 0 Å². The van der Waals surface area contributed by atoms with E-state index in [1.807, 2.05) is 0 Å². The quantitative estimate of drug-likeness (QED) is 0.375. The highest BCUT2D eigenvalue weighted by Crippen LogP contribution is 1.96. The lowest BCUT2D eigenvalue weighted by Crippen LogP contribution is -2.21. The lowest BCUT2D eigenvalue weighted by molar-refractivity contribution is 0.277. The van der Waals surface area contributed by atoms with Crippen molar-refractivity contribution in [2.75, 3.05) is 7.11 Å². The number of aliphatic imine (C=N–C) groups is 2. The molecule has 24 heavy (non-hydrogen) atoms. The smallest absolute Gasteiger partial charge is 0.230 e. The molecule has 0 fully saturated rings. The third kappa shape index (κ3) is 10.7. The van der Waals surface area contributed by atoms with E-state index in [-0.39, 0.29) is 11.8 Å². The molecule has 0 radical (unpaired) electrons. The van der Waals surface area contributed by atoms with E-state index in [1.54, 1.807) is 0 Å². The van der Waals surface area contributed by atoms with Crippen molar-refractivity contribution in [3.63, 3.8) is 0 Å². The van der Waals surface area contributed by atoms with Gasteiger partial charge in [-0.3, -0.25) is 5.32 Å². The van der Waals surface area contributed by atoms with Crippen LogP contribution in [0.3, 0.4) is 0 Å². The van der Waals surface area contributed by atoms with Gasteiger partial charge in [0.15, 0.2) is 5.88 Å². The Hall–Kier alpha value is -3.03. The minimum atomic E-state index is -0.469. The maximum absolute atomic E-state index is 12.8. The highest BCUT2D eigenvalue weighted by molar-refractivity contribution is 5.88. The molecule has 0 bridgehead atoms. The minimum Gasteiger partial charge on any atom is -0.483 e. The van der Waals surface area contributed by atoms with E-state index in [1.165, 1.54) is 55.6 Å². The van der Waals surface area contributed by atoms with Crippen molar-refractivity contribution in [1.29, 1.82) is 0 Å². The zero-order valence-electron chi connectivity index (χ0n) is 14.2. The maximum atomic E-state index is 12.8. The summed E-state index contributed by atoms with van der Waals surface area (Å²) in [5.41, 5.74) is 0. The van der Waals surface area contributed by atoms with Gasteiger partial charge in [0.25, 0.3) is 0 Å². The average molecular weight is 334 g/mol. The molecule has 1 N–H and O–H groups in total. The molecule has 0 atom stereocenters. The van der Waals surface area contributed by atoms with Crippen molar-refractivity contribution in [3.8, 4) is 0 Å². The first-order valence-corrected chi connectivity index (χ1v) is 7.18. The molecule has 0 aliphatic rings. The largest absolute Gasteiger partial charge is 0.483 e. The SMILES string of the molecule is C=C\C(F)=C/C=C/N=C(\N=C\n1cncn1)NC(=C)OC.CCC. The zero-order chi connectivity index (χ0) is 18.2. The van der Waals surface area contributed by atoms with Crippen LogP contribution < -0.4 is 5.32 Å². The number of halogens is 1. The second kappa shape index (κ2) is 13.6. The van der Waals surface area contributed by atoms with Gasteiger partial charge in [0.05, 0.1) is 7.11 Å². The van der Waals surface area contributed by atoms with Crippen molar-refractivity contribution in [2.24, 2.45) is 9.98 Å². The molecule has 0 aromatic carbocycles. The van der Waals surface area contributed by atoms with Crippen LogP contribution >= 0.6 is 0 Å². The Labute approximate surface area is 141 Å². The van der Waals surface area contributed by atoms with E-state index in [9.17, 15) is 4.39 Å². The van der Waals surface area contributed by atoms with Gasteiger partial charge in [-0.1, -0.05) is 26.8 Å². The number of hydrogen-bond acceptors (Lipinski definition) is 4. The Bertz CT molecular complexity index is 602. The van der Waals surface area contributed by atoms with Gasteiger partial charge in [0.2, 0.25) is 5.96 Å². The summed E-state index contributed by atoms with van der Waals surface area (Å²) in [6.45, 7) is 11.1. The molecule has 0 saturated heterocycles. The van der Waals surface area contributed by atoms with Crippen LogP contribution in [-0.2, 0) is 4.74 Å². The van der Waals surface area contributed by atoms with Crippen molar-refractivity contribution in [3.05, 3.63) is 62.0 Å². The van der Waals surface area contributed by atoms with Crippen molar-refractivity contribution >= 4 is 12.3 Å². The molecule has 1 heterocycles. The molecule has 1 rings (SSSR count). The van der Waals surface area contributed by atoms with Crippen molar-refractivity contribution in [2.45, 2.75) is 20.3 Å². The summed E-state index contributed by atoms with van der Waals surface area (Å²) in [6.07, 6.45) is 10.5. The number of aromatic nitrogens is 3. The highest BCUT2D eigenvalue weighted by Gasteiger charge is 1.97. The zero-order valence-corrected chi connectivity index (χ0v) is 14.2. The average Bonchev–Trinajstić information content (AvgIpc) is 3.09. The van der Waals surface area contributed by atoms with E-state index < -0.39 is 5.83 Å². The Kier molecular flexibility index (Phi) is 11.9. The first kappa shape index (κ1) is 21.0. The van der Waals surface area contributed by atoms with Crippen LogP contribution in [0.5, 0.6) is 0 Å². The Morgan fingerprint density at radius 2 is 2.17 bits per heavy atom. The number of guanidine groups is 1. The lowest BCUT2D eigenvalue weighted by atomic mass is 10.4. The second-order valence-corrected chi connectivity index (χ2v) is 4.13. The van der Waals surface area contributed by atoms with E-state index in [4.69, 9.17) is 4.74 Å². The summed E-state index contributed by atoms with van der Waals surface area (Å²) in [4.78, 5) is 11.8. The van der Waals surface area contributed by atoms with E-state index in [2.05, 4.69) is 52.4 Å². The van der Waals surface area contributed by atoms with Crippen molar-refractivity contribution < 1.29 is 9.13 Å². The molecule has 130 valence electrons. The maximum Gasteiger partial charge on any atom is 0.230 e. The fraction of sp³-hybridized carbons (Fsp3) is 0.250. The van der Waals surface area contributed by atoms with Gasteiger partial charge in [0, 0.05) is 6.20 Å². The van der Waals surface area contributed by atoms with Crippen LogP contribution in [-0.4, -0.2) is 34.2 Å². The number of nitrogens with zero attached hydrogens (tertiary/aromatic N) is 5. The van der Waals surface area contributed by atoms with Gasteiger partial charge < -0.3 is 4.74 Å². The standard InChI is InChI=1S/C13H15FN6O.C3H8/c1-4-12(14)6-5-7-16-13(19-11(2)21-3)17-10-20-9-15-8-18-20;1-3-2/h4-10H,1-2H2,3H3,(H,16,19);3H2,1-2H3/b7-5+,12-6+,17-10+;. The summed E-state index contributed by atoms with van der Waals surface area (Å²) in [5, 5.41) is 6.57. The van der Waals surface area contributed by atoms with Crippen LogP contribution in [0.25, 0.3) is 0 Å². The summed E-state index contributed by atoms with van der Waals surface area (Å²) in [5.74, 6) is -0.0323. The number of hydrogen-bond donors (Lipinski definition) is 1. The third-order valence-corrected chi connectivity index (χ3v) is 1.97. The first-order valence-electron chi connectivity index (χ1n) is 7.18. The normalized spacial score (nSPS) is 12.0. The number of methoxy groups -OCH3 is 1. The molecule has 0 amide bonds. The van der Waals surface area contributed by atoms with Crippen LogP contribution in [0.1, 0.15) is 20.3 Å². The fourth-order valence-electron chi connectivity index (χ4n) is 0.981. The second-order valence-electron chi connectivity index (χ2n) is 4.13. The molecule has 0 saturated carbocycles. The van der Waals surface area contributed by atoms with Gasteiger partial charge in [-0.05, 0) is 24.8 Å². The number of ether oxygens (including phenoxy) is 1. The molecule has 0 aliphatic carbocycles. The van der Waals surface area contributed by atoms with Gasteiger partial charge in [-0.2, -0.15) is 5.10 Å². The lowest BCUT2D eigenvalue weighted by Gasteiger charge is -2.05. The van der Waals surface area contributed by atoms with Crippen LogP contribution in [0, 0.1) is 0 Å². The molecule has 1 aromatic heterocycles. The molecule has 0 unspecified atom stereocenters. The number of allylic oxidation sites excluding steroid dienone is 4. The molecule has 0 aliphatic heterocycles. The van der Waals surface area contributed by atoms with Gasteiger partial charge in [0.1, 0.15) is 24.8 Å². The van der Waals surface area contributed by atoms with E-state index in [0.29, 0.717) is 0 Å². The molecule has 0 spiro atoms. The van der Waals surface area contributed by atoms with Crippen LogP contribution in [0.15, 0.2) is 71.9 Å². The van der Waals surface area contributed by atoms with Crippen molar-refractivity contribution in [1.82, 2.24) is 20.1 Å². The molecule has 7 nitrogen and oxygen atoms in total. The van der Waals surface area contributed by atoms with E-state index >= 15 is 0 Å². The molecular formula is C16H23FN6O. The predicted octanol–water partition coefficient (Wildman–Crippen LogP) is 3.19. The Morgan fingerprint density at radius 1 is 1.46 bits per heavy atom. The van der Waals surface area contributed by atoms with Crippen LogP contribution in [0.4, 0.5) is 4.39 Å². The molecular weight excluding hydrogens is 311 g/mol. The Balaban J connectivity index is 0.00000163. The van der Waals surface area contributed by atoms with Crippen LogP contribution in [0.2, 0.25) is 0 Å². The predicted molar refractivity (Wildman–Crippen MR) is 95.1 cm³/mol. The topological polar surface area (TPSA) is 76.7 Å². The summed E-state index contributed by atoms with van der Waals surface area (Å²) in [6, 6.07) is 0.